The number of amides is 2. The molecule has 2 aromatic rings. The molecule has 2 rings (SSSR count). The molecule has 2 amide bonds. The van der Waals surface area contributed by atoms with Crippen molar-refractivity contribution in [3.63, 3.8) is 0 Å². The zero-order chi connectivity index (χ0) is 28.7. The maximum Gasteiger partial charge on any atom is 0.260 e. The first-order chi connectivity index (χ1) is 18.6. The predicted octanol–water partition coefficient (Wildman–Crippen LogP) is 5.08. The number of hydrogen-bond donors (Lipinski definition) is 0. The molecule has 1 aromatic carbocycles. The number of halogens is 1. The van der Waals surface area contributed by atoms with Gasteiger partial charge in [0.2, 0.25) is 5.91 Å². The maximum atomic E-state index is 13.4. The minimum absolute atomic E-state index is 0. The van der Waals surface area contributed by atoms with Crippen molar-refractivity contribution >= 4 is 11.8 Å². The highest BCUT2D eigenvalue weighted by atomic mass is 127. The van der Waals surface area contributed by atoms with Gasteiger partial charge in [-0.3, -0.25) is 14.5 Å². The average Bonchev–Trinajstić information content (AvgIpc) is 2.90. The van der Waals surface area contributed by atoms with Crippen LogP contribution in [0.2, 0.25) is 0 Å². The highest BCUT2D eigenvalue weighted by Crippen LogP contribution is 2.33. The van der Waals surface area contributed by atoms with E-state index in [1.165, 1.54) is 82.5 Å². The Morgan fingerprint density at radius 1 is 0.825 bits per heavy atom. The van der Waals surface area contributed by atoms with E-state index in [1.54, 1.807) is 6.07 Å². The fourth-order valence-electron chi connectivity index (χ4n) is 4.80. The lowest BCUT2D eigenvalue weighted by Gasteiger charge is -2.25. The number of carbonyl (C=O) groups excluding carboxylic acids is 2. The summed E-state index contributed by atoms with van der Waals surface area (Å²) in [6.45, 7) is 11.0. The number of ether oxygens (including phenoxy) is 1. The number of aromatic nitrogens is 1. The van der Waals surface area contributed by atoms with Gasteiger partial charge in [-0.1, -0.05) is 98.3 Å². The molecule has 0 aliphatic carbocycles. The fraction of sp³-hybridized carbons (Fsp3) is 0.618. The lowest BCUT2D eigenvalue weighted by atomic mass is 9.85. The molecule has 5 nitrogen and oxygen atoms in total. The third-order valence-corrected chi connectivity index (χ3v) is 7.30. The normalized spacial score (nSPS) is 11.2. The van der Waals surface area contributed by atoms with Crippen LogP contribution < -0.4 is 33.3 Å². The van der Waals surface area contributed by atoms with Gasteiger partial charge in [0.15, 0.2) is 12.4 Å². The zero-order valence-electron chi connectivity index (χ0n) is 25.9. The van der Waals surface area contributed by atoms with Crippen molar-refractivity contribution in [2.45, 2.75) is 124 Å². The summed E-state index contributed by atoms with van der Waals surface area (Å²) in [7, 11) is 1.94. The van der Waals surface area contributed by atoms with Crippen molar-refractivity contribution in [2.75, 3.05) is 6.61 Å². The summed E-state index contributed by atoms with van der Waals surface area (Å²) in [6.07, 6.45) is 19.6. The molecular formula is C34H53IN2O3. The summed E-state index contributed by atoms with van der Waals surface area (Å²) in [4.78, 5) is 27.1. The van der Waals surface area contributed by atoms with Gasteiger partial charge in [-0.15, -0.1) is 0 Å². The van der Waals surface area contributed by atoms with Gasteiger partial charge in [0.25, 0.3) is 5.91 Å². The molecule has 0 aliphatic heterocycles. The third-order valence-electron chi connectivity index (χ3n) is 7.30. The maximum absolute atomic E-state index is 13.4. The van der Waals surface area contributed by atoms with Crippen LogP contribution in [0.15, 0.2) is 42.7 Å². The van der Waals surface area contributed by atoms with Crippen LogP contribution in [-0.2, 0) is 23.8 Å². The second kappa shape index (κ2) is 19.2. The van der Waals surface area contributed by atoms with E-state index >= 15 is 0 Å². The Labute approximate surface area is 261 Å². The molecule has 0 aliphatic rings. The number of aryl methyl sites for hydroxylation is 1. The van der Waals surface area contributed by atoms with Crippen molar-refractivity contribution in [3.05, 3.63) is 59.4 Å². The minimum atomic E-state index is -0.284. The topological polar surface area (TPSA) is 50.5 Å². The third kappa shape index (κ3) is 13.1. The van der Waals surface area contributed by atoms with Gasteiger partial charge in [-0.2, -0.15) is 0 Å². The van der Waals surface area contributed by atoms with Crippen LogP contribution in [0.3, 0.4) is 0 Å². The van der Waals surface area contributed by atoms with Crippen molar-refractivity contribution in [3.8, 4) is 5.75 Å². The minimum Gasteiger partial charge on any atom is -1.00 e. The van der Waals surface area contributed by atoms with Crippen molar-refractivity contribution < 1.29 is 42.9 Å². The number of carbonyl (C=O) groups is 2. The van der Waals surface area contributed by atoms with Crippen molar-refractivity contribution in [1.82, 2.24) is 4.90 Å². The number of imide groups is 1. The first-order valence-corrected chi connectivity index (χ1v) is 15.2. The summed E-state index contributed by atoms with van der Waals surface area (Å²) in [5, 5.41) is 0. The molecule has 6 heteroatoms. The fourth-order valence-corrected chi connectivity index (χ4v) is 4.80. The summed E-state index contributed by atoms with van der Waals surface area (Å²) in [5.74, 6) is 0.277. The van der Waals surface area contributed by atoms with Crippen molar-refractivity contribution in [1.29, 1.82) is 0 Å². The Bertz CT molecular complexity index is 1010. The zero-order valence-corrected chi connectivity index (χ0v) is 28.1. The largest absolute Gasteiger partial charge is 1.00 e. The molecule has 1 heterocycles. The van der Waals surface area contributed by atoms with Gasteiger partial charge in [0.05, 0.1) is 13.2 Å². The summed E-state index contributed by atoms with van der Waals surface area (Å²) < 4.78 is 8.14. The van der Waals surface area contributed by atoms with E-state index < -0.39 is 0 Å². The van der Waals surface area contributed by atoms with Gasteiger partial charge in [0.1, 0.15) is 12.8 Å². The quantitative estimate of drug-likeness (QED) is 0.135. The molecule has 1 aromatic heterocycles. The van der Waals surface area contributed by atoms with Crippen LogP contribution in [0.1, 0.15) is 133 Å². The average molecular weight is 665 g/mol. The molecule has 0 fully saturated rings. The van der Waals surface area contributed by atoms with E-state index in [9.17, 15) is 9.59 Å². The van der Waals surface area contributed by atoms with Crippen LogP contribution in [-0.4, -0.2) is 23.3 Å². The van der Waals surface area contributed by atoms with E-state index in [4.69, 9.17) is 4.74 Å². The number of nitrogens with zero attached hydrogens (tertiary/aromatic N) is 2. The Hall–Kier alpha value is -1.96. The van der Waals surface area contributed by atoms with E-state index in [-0.39, 0.29) is 47.8 Å². The Kier molecular flexibility index (Phi) is 17.3. The van der Waals surface area contributed by atoms with Crippen LogP contribution in [0, 0.1) is 0 Å². The predicted molar refractivity (Wildman–Crippen MR) is 160 cm³/mol. The molecule has 0 radical (unpaired) electrons. The number of rotatable bonds is 17. The highest BCUT2D eigenvalue weighted by molar-refractivity contribution is 6.04. The van der Waals surface area contributed by atoms with Crippen LogP contribution in [0.25, 0.3) is 0 Å². The summed E-state index contributed by atoms with van der Waals surface area (Å²) in [6, 6.07) is 9.44. The summed E-state index contributed by atoms with van der Waals surface area (Å²) in [5.41, 5.74) is 2.21. The number of benzene rings is 1. The molecule has 224 valence electrons. The smallest absolute Gasteiger partial charge is 0.260 e. The van der Waals surface area contributed by atoms with E-state index in [0.29, 0.717) is 12.2 Å². The molecular weight excluding hydrogens is 611 g/mol. The first-order valence-electron chi connectivity index (χ1n) is 15.2. The SMILES string of the molecule is CCCCCCCCCCCCCCOc1ccc(C(=O)N(Cc2cc[n+](C)cc2)C(C)=O)cc1C(C)(C)C.[I-]. The van der Waals surface area contributed by atoms with Gasteiger partial charge < -0.3 is 28.7 Å². The second-order valence-corrected chi connectivity index (χ2v) is 12.0. The molecule has 0 saturated heterocycles. The number of pyridine rings is 1. The van der Waals surface area contributed by atoms with Crippen molar-refractivity contribution in [2.24, 2.45) is 7.05 Å². The Balaban J connectivity index is 0.00000800. The summed E-state index contributed by atoms with van der Waals surface area (Å²) >= 11 is 0. The van der Waals surface area contributed by atoms with Crippen LogP contribution >= 0.6 is 0 Å². The van der Waals surface area contributed by atoms with Gasteiger partial charge in [0, 0.05) is 30.2 Å². The van der Waals surface area contributed by atoms with Crippen LogP contribution in [0.5, 0.6) is 5.75 Å². The Morgan fingerprint density at radius 2 is 1.35 bits per heavy atom. The Morgan fingerprint density at radius 3 is 1.85 bits per heavy atom. The molecule has 40 heavy (non-hydrogen) atoms. The van der Waals surface area contributed by atoms with Gasteiger partial charge >= 0.3 is 0 Å². The monoisotopic (exact) mass is 664 g/mol. The molecule has 0 N–H and O–H groups in total. The van der Waals surface area contributed by atoms with E-state index in [0.717, 1.165) is 23.3 Å². The number of hydrogen-bond acceptors (Lipinski definition) is 3. The van der Waals surface area contributed by atoms with E-state index in [2.05, 4.69) is 27.7 Å². The number of unbranched alkanes of at least 4 members (excludes halogenated alkanes) is 11. The van der Waals surface area contributed by atoms with E-state index in [1.807, 2.05) is 48.3 Å². The van der Waals surface area contributed by atoms with Gasteiger partial charge in [-0.05, 0) is 35.6 Å². The first kappa shape index (κ1) is 36.1. The van der Waals surface area contributed by atoms with Gasteiger partial charge in [-0.25, -0.2) is 4.57 Å². The van der Waals surface area contributed by atoms with Crippen LogP contribution in [0.4, 0.5) is 0 Å². The molecule has 0 bridgehead atoms. The second-order valence-electron chi connectivity index (χ2n) is 12.0. The standard InChI is InChI=1S/C34H53N2O3.HI/c1-7-8-9-10-11-12-13-14-15-16-17-18-25-39-32-20-19-30(26-31(32)34(3,4)5)33(38)36(28(2)37)27-29-21-23-35(6)24-22-29;/h19-24,26H,7-18,25,27H2,1-6H3;1H/q+1;/p-1. The molecule has 0 atom stereocenters. The highest BCUT2D eigenvalue weighted by Gasteiger charge is 2.25. The lowest BCUT2D eigenvalue weighted by Crippen LogP contribution is -3.00. The molecule has 0 spiro atoms. The molecule has 0 saturated carbocycles. The lowest BCUT2D eigenvalue weighted by molar-refractivity contribution is -0.671. The molecule has 0 unspecified atom stereocenters.